The Morgan fingerprint density at radius 2 is 1.80 bits per heavy atom. The molecule has 5 heteroatoms. The maximum atomic E-state index is 12.1. The van der Waals surface area contributed by atoms with Crippen LogP contribution >= 0.6 is 0 Å². The lowest BCUT2D eigenvalue weighted by Crippen LogP contribution is -2.42. The summed E-state index contributed by atoms with van der Waals surface area (Å²) in [7, 11) is 0. The Bertz CT molecular complexity index is 377. The molecule has 5 nitrogen and oxygen atoms in total. The van der Waals surface area contributed by atoms with E-state index in [-0.39, 0.29) is 24.3 Å². The van der Waals surface area contributed by atoms with E-state index in [9.17, 15) is 9.59 Å². The number of hydrogen-bond acceptors (Lipinski definition) is 3. The Labute approximate surface area is 120 Å². The molecule has 0 aromatic carbocycles. The molecule has 3 aliphatic rings. The zero-order valence-corrected chi connectivity index (χ0v) is 12.1. The third-order valence-electron chi connectivity index (χ3n) is 4.52. The molecular formula is C15H25N3O2. The maximum absolute atomic E-state index is 12.1. The van der Waals surface area contributed by atoms with Gasteiger partial charge in [-0.3, -0.25) is 9.59 Å². The molecule has 0 radical (unpaired) electrons. The SMILES string of the molecule is O=C(NCC(=O)N1CCCN(CC2CC2)CC1)C1CC1. The summed E-state index contributed by atoms with van der Waals surface area (Å²) >= 11 is 0. The highest BCUT2D eigenvalue weighted by atomic mass is 16.2. The van der Waals surface area contributed by atoms with Crippen LogP contribution in [0.1, 0.15) is 32.1 Å². The monoisotopic (exact) mass is 279 g/mol. The van der Waals surface area contributed by atoms with Gasteiger partial charge in [-0.2, -0.15) is 0 Å². The quantitative estimate of drug-likeness (QED) is 0.795. The molecule has 3 fully saturated rings. The molecule has 0 bridgehead atoms. The second-order valence-corrected chi connectivity index (χ2v) is 6.47. The smallest absolute Gasteiger partial charge is 0.242 e. The van der Waals surface area contributed by atoms with Gasteiger partial charge >= 0.3 is 0 Å². The van der Waals surface area contributed by atoms with Crippen LogP contribution in [0, 0.1) is 11.8 Å². The fraction of sp³-hybridized carbons (Fsp3) is 0.867. The summed E-state index contributed by atoms with van der Waals surface area (Å²) in [6.07, 6.45) is 5.79. The first-order valence-corrected chi connectivity index (χ1v) is 8.00. The van der Waals surface area contributed by atoms with Crippen LogP contribution in [-0.2, 0) is 9.59 Å². The molecule has 1 aliphatic heterocycles. The summed E-state index contributed by atoms with van der Waals surface area (Å²) in [5, 5.41) is 2.77. The minimum Gasteiger partial charge on any atom is -0.347 e. The molecular weight excluding hydrogens is 254 g/mol. The number of nitrogens with one attached hydrogen (secondary N) is 1. The Morgan fingerprint density at radius 1 is 1.00 bits per heavy atom. The number of amides is 2. The van der Waals surface area contributed by atoms with Gasteiger partial charge < -0.3 is 15.1 Å². The zero-order valence-electron chi connectivity index (χ0n) is 12.1. The minimum absolute atomic E-state index is 0.0588. The Balaban J connectivity index is 1.39. The lowest BCUT2D eigenvalue weighted by Gasteiger charge is -2.22. The summed E-state index contributed by atoms with van der Waals surface area (Å²) in [6, 6.07) is 0. The maximum Gasteiger partial charge on any atom is 0.242 e. The Morgan fingerprint density at radius 3 is 2.50 bits per heavy atom. The fourth-order valence-electron chi connectivity index (χ4n) is 2.83. The van der Waals surface area contributed by atoms with Crippen molar-refractivity contribution in [2.75, 3.05) is 39.3 Å². The summed E-state index contributed by atoms with van der Waals surface area (Å²) in [5.41, 5.74) is 0. The van der Waals surface area contributed by atoms with Crippen LogP contribution in [0.15, 0.2) is 0 Å². The van der Waals surface area contributed by atoms with Gasteiger partial charge in [-0.1, -0.05) is 0 Å². The van der Waals surface area contributed by atoms with Crippen LogP contribution in [0.5, 0.6) is 0 Å². The molecule has 2 saturated carbocycles. The molecule has 0 unspecified atom stereocenters. The van der Waals surface area contributed by atoms with E-state index in [1.807, 2.05) is 4.90 Å². The summed E-state index contributed by atoms with van der Waals surface area (Å²) in [6.45, 7) is 5.12. The van der Waals surface area contributed by atoms with E-state index in [2.05, 4.69) is 10.2 Å². The van der Waals surface area contributed by atoms with Gasteiger partial charge in [0.15, 0.2) is 0 Å². The lowest BCUT2D eigenvalue weighted by atomic mass is 10.3. The van der Waals surface area contributed by atoms with E-state index in [0.29, 0.717) is 0 Å². The summed E-state index contributed by atoms with van der Waals surface area (Å²) in [4.78, 5) is 28.1. The molecule has 2 amide bonds. The standard InChI is InChI=1S/C15H25N3O2/c19-14(10-16-15(20)13-4-5-13)18-7-1-6-17(8-9-18)11-12-2-3-12/h12-13H,1-11H2,(H,16,20). The molecule has 20 heavy (non-hydrogen) atoms. The molecule has 2 aliphatic carbocycles. The van der Waals surface area contributed by atoms with Crippen molar-refractivity contribution >= 4 is 11.8 Å². The number of carbonyl (C=O) groups is 2. The van der Waals surface area contributed by atoms with Crippen LogP contribution in [0.3, 0.4) is 0 Å². The first-order valence-electron chi connectivity index (χ1n) is 8.00. The van der Waals surface area contributed by atoms with Gasteiger partial charge in [0.2, 0.25) is 11.8 Å². The summed E-state index contributed by atoms with van der Waals surface area (Å²) < 4.78 is 0. The number of carbonyl (C=O) groups excluding carboxylic acids is 2. The van der Waals surface area contributed by atoms with Gasteiger partial charge in [-0.15, -0.1) is 0 Å². The molecule has 0 aromatic heterocycles. The second kappa shape index (κ2) is 6.12. The highest BCUT2D eigenvalue weighted by molar-refractivity contribution is 5.86. The van der Waals surface area contributed by atoms with Crippen LogP contribution < -0.4 is 5.32 Å². The molecule has 1 N–H and O–H groups in total. The average molecular weight is 279 g/mol. The number of nitrogens with zero attached hydrogens (tertiary/aromatic N) is 2. The van der Waals surface area contributed by atoms with Crippen molar-refractivity contribution in [1.29, 1.82) is 0 Å². The normalized spacial score (nSPS) is 24.3. The van der Waals surface area contributed by atoms with Crippen LogP contribution in [-0.4, -0.2) is 60.9 Å². The van der Waals surface area contributed by atoms with Gasteiger partial charge in [0.25, 0.3) is 0 Å². The van der Waals surface area contributed by atoms with Crippen molar-refractivity contribution in [1.82, 2.24) is 15.1 Å². The first-order chi connectivity index (χ1) is 9.72. The molecule has 0 aromatic rings. The fourth-order valence-corrected chi connectivity index (χ4v) is 2.83. The van der Waals surface area contributed by atoms with Crippen LogP contribution in [0.25, 0.3) is 0 Å². The molecule has 1 saturated heterocycles. The highest BCUT2D eigenvalue weighted by Crippen LogP contribution is 2.30. The van der Waals surface area contributed by atoms with Gasteiger partial charge in [-0.25, -0.2) is 0 Å². The van der Waals surface area contributed by atoms with Crippen LogP contribution in [0.4, 0.5) is 0 Å². The molecule has 0 atom stereocenters. The van der Waals surface area contributed by atoms with Crippen molar-refractivity contribution in [2.45, 2.75) is 32.1 Å². The largest absolute Gasteiger partial charge is 0.347 e. The van der Waals surface area contributed by atoms with Gasteiger partial charge in [-0.05, 0) is 44.6 Å². The molecule has 0 spiro atoms. The zero-order chi connectivity index (χ0) is 13.9. The van der Waals surface area contributed by atoms with Gasteiger partial charge in [0, 0.05) is 32.1 Å². The average Bonchev–Trinajstić information content (AvgIpc) is 3.31. The van der Waals surface area contributed by atoms with Crippen molar-refractivity contribution in [2.24, 2.45) is 11.8 Å². The van der Waals surface area contributed by atoms with Crippen molar-refractivity contribution in [3.8, 4) is 0 Å². The first kappa shape index (κ1) is 13.9. The molecule has 1 heterocycles. The van der Waals surface area contributed by atoms with E-state index in [1.165, 1.54) is 19.4 Å². The summed E-state index contributed by atoms with van der Waals surface area (Å²) in [5.74, 6) is 1.23. The van der Waals surface area contributed by atoms with E-state index >= 15 is 0 Å². The highest BCUT2D eigenvalue weighted by Gasteiger charge is 2.30. The van der Waals surface area contributed by atoms with Crippen molar-refractivity contribution in [3.05, 3.63) is 0 Å². The number of hydrogen-bond donors (Lipinski definition) is 1. The van der Waals surface area contributed by atoms with Crippen molar-refractivity contribution < 1.29 is 9.59 Å². The van der Waals surface area contributed by atoms with E-state index in [4.69, 9.17) is 0 Å². The third kappa shape index (κ3) is 3.95. The molecule has 3 rings (SSSR count). The minimum atomic E-state index is 0.0588. The predicted octanol–water partition coefficient (Wildman–Crippen LogP) is 0.457. The third-order valence-corrected chi connectivity index (χ3v) is 4.52. The Kier molecular flexibility index (Phi) is 4.24. The van der Waals surface area contributed by atoms with E-state index in [0.717, 1.165) is 51.4 Å². The van der Waals surface area contributed by atoms with E-state index in [1.54, 1.807) is 0 Å². The van der Waals surface area contributed by atoms with Crippen LogP contribution in [0.2, 0.25) is 0 Å². The van der Waals surface area contributed by atoms with Gasteiger partial charge in [0.05, 0.1) is 6.54 Å². The number of rotatable bonds is 5. The second-order valence-electron chi connectivity index (χ2n) is 6.47. The molecule has 112 valence electrons. The lowest BCUT2D eigenvalue weighted by molar-refractivity contribution is -0.133. The van der Waals surface area contributed by atoms with E-state index < -0.39 is 0 Å². The van der Waals surface area contributed by atoms with Gasteiger partial charge in [0.1, 0.15) is 0 Å². The topological polar surface area (TPSA) is 52.7 Å². The predicted molar refractivity (Wildman–Crippen MR) is 76.1 cm³/mol. The Hall–Kier alpha value is -1.10. The van der Waals surface area contributed by atoms with Crippen molar-refractivity contribution in [3.63, 3.8) is 0 Å².